The van der Waals surface area contributed by atoms with Gasteiger partial charge in [-0.05, 0) is 24.5 Å². The number of amides is 1. The van der Waals surface area contributed by atoms with Gasteiger partial charge in [-0.3, -0.25) is 4.79 Å². The Bertz CT molecular complexity index is 908. The van der Waals surface area contributed by atoms with Crippen molar-refractivity contribution in [2.75, 3.05) is 17.3 Å². The number of carbonyl (C=O) groups is 1. The van der Waals surface area contributed by atoms with E-state index in [0.29, 0.717) is 23.9 Å². The Balaban J connectivity index is 1.53. The minimum absolute atomic E-state index is 0.0775. The number of nitrogens with zero attached hydrogens (tertiary/aromatic N) is 3. The van der Waals surface area contributed by atoms with E-state index in [1.807, 2.05) is 38.2 Å². The molecule has 1 aromatic heterocycles. The lowest BCUT2D eigenvalue weighted by molar-refractivity contribution is -0.118. The number of hydrogen-bond acceptors (Lipinski definition) is 6. The summed E-state index contributed by atoms with van der Waals surface area (Å²) < 4.78 is 25.1. The van der Waals surface area contributed by atoms with Crippen molar-refractivity contribution in [1.29, 1.82) is 0 Å². The second kappa shape index (κ2) is 7.79. The van der Waals surface area contributed by atoms with Crippen molar-refractivity contribution in [3.05, 3.63) is 41.2 Å². The largest absolute Gasteiger partial charge is 0.351 e. The third kappa shape index (κ3) is 4.45. The second-order valence-electron chi connectivity index (χ2n) is 6.49. The Kier molecular flexibility index (Phi) is 5.67. The van der Waals surface area contributed by atoms with Crippen molar-refractivity contribution in [2.45, 2.75) is 31.0 Å². The molecule has 0 bridgehead atoms. The first kappa shape index (κ1) is 18.9. The molecular formula is C17H22N4O3S2. The zero-order chi connectivity index (χ0) is 18.7. The van der Waals surface area contributed by atoms with Crippen LogP contribution in [-0.2, 0) is 28.2 Å². The van der Waals surface area contributed by atoms with Gasteiger partial charge < -0.3 is 9.88 Å². The number of rotatable bonds is 6. The predicted octanol–water partition coefficient (Wildman–Crippen LogP) is 1.43. The molecule has 0 saturated carbocycles. The molecule has 1 unspecified atom stereocenters. The Morgan fingerprint density at radius 1 is 1.35 bits per heavy atom. The molecule has 1 fully saturated rings. The number of carbonyl (C=O) groups excluding carboxylic acids is 1. The van der Waals surface area contributed by atoms with Crippen LogP contribution in [0.2, 0.25) is 0 Å². The van der Waals surface area contributed by atoms with Gasteiger partial charge in [0.15, 0.2) is 15.0 Å². The molecule has 1 atom stereocenters. The Morgan fingerprint density at radius 3 is 2.81 bits per heavy atom. The molecule has 0 aliphatic carbocycles. The molecule has 140 valence electrons. The summed E-state index contributed by atoms with van der Waals surface area (Å²) in [5, 5.41) is 11.8. The molecule has 1 aliphatic rings. The standard InChI is InChI=1S/C17H22N4O3S2/c1-12-5-3-4-6-13(12)9-18-15(22)10-25-17-20-19-16(21(17)2)14-7-8-26(23,24)11-14/h3-6,14H,7-11H2,1-2H3,(H,18,22). The van der Waals surface area contributed by atoms with Gasteiger partial charge in [0.1, 0.15) is 5.82 Å². The van der Waals surface area contributed by atoms with Crippen LogP contribution < -0.4 is 5.32 Å². The molecule has 1 saturated heterocycles. The quantitative estimate of drug-likeness (QED) is 0.745. The van der Waals surface area contributed by atoms with E-state index >= 15 is 0 Å². The van der Waals surface area contributed by atoms with Gasteiger partial charge in [-0.1, -0.05) is 36.0 Å². The number of nitrogens with one attached hydrogen (secondary N) is 1. The van der Waals surface area contributed by atoms with E-state index in [0.717, 1.165) is 11.1 Å². The van der Waals surface area contributed by atoms with Crippen molar-refractivity contribution in [2.24, 2.45) is 7.05 Å². The fourth-order valence-electron chi connectivity index (χ4n) is 2.99. The number of hydrogen-bond donors (Lipinski definition) is 1. The molecule has 26 heavy (non-hydrogen) atoms. The van der Waals surface area contributed by atoms with Crippen LogP contribution in [0, 0.1) is 6.92 Å². The molecule has 0 spiro atoms. The summed E-state index contributed by atoms with van der Waals surface area (Å²) in [6, 6.07) is 7.93. The summed E-state index contributed by atoms with van der Waals surface area (Å²) in [5.74, 6) is 1.05. The van der Waals surface area contributed by atoms with E-state index in [9.17, 15) is 13.2 Å². The molecule has 1 N–H and O–H groups in total. The fraction of sp³-hybridized carbons (Fsp3) is 0.471. The topological polar surface area (TPSA) is 94.0 Å². The van der Waals surface area contributed by atoms with E-state index in [4.69, 9.17) is 0 Å². The highest BCUT2D eigenvalue weighted by Gasteiger charge is 2.32. The predicted molar refractivity (Wildman–Crippen MR) is 101 cm³/mol. The lowest BCUT2D eigenvalue weighted by Crippen LogP contribution is -2.25. The molecule has 3 rings (SSSR count). The molecule has 9 heteroatoms. The molecule has 0 radical (unpaired) electrons. The van der Waals surface area contributed by atoms with E-state index in [1.54, 1.807) is 4.57 Å². The smallest absolute Gasteiger partial charge is 0.230 e. The molecule has 1 aliphatic heterocycles. The maximum atomic E-state index is 12.1. The summed E-state index contributed by atoms with van der Waals surface area (Å²) in [4.78, 5) is 12.1. The van der Waals surface area contributed by atoms with Crippen LogP contribution in [0.4, 0.5) is 0 Å². The highest BCUT2D eigenvalue weighted by molar-refractivity contribution is 7.99. The highest BCUT2D eigenvalue weighted by Crippen LogP contribution is 2.29. The third-order valence-corrected chi connectivity index (χ3v) is 7.32. The summed E-state index contributed by atoms with van der Waals surface area (Å²) in [5.41, 5.74) is 2.24. The molecule has 2 heterocycles. The van der Waals surface area contributed by atoms with Gasteiger partial charge in [0.25, 0.3) is 0 Å². The number of benzene rings is 1. The zero-order valence-electron chi connectivity index (χ0n) is 14.8. The Labute approximate surface area is 157 Å². The normalized spacial score (nSPS) is 18.8. The van der Waals surface area contributed by atoms with Gasteiger partial charge in [0.05, 0.1) is 17.3 Å². The molecule has 1 aromatic carbocycles. The monoisotopic (exact) mass is 394 g/mol. The minimum atomic E-state index is -2.97. The van der Waals surface area contributed by atoms with Crippen LogP contribution in [0.15, 0.2) is 29.4 Å². The van der Waals surface area contributed by atoms with Crippen molar-refractivity contribution < 1.29 is 13.2 Å². The Morgan fingerprint density at radius 2 is 2.12 bits per heavy atom. The van der Waals surface area contributed by atoms with Crippen molar-refractivity contribution in [3.63, 3.8) is 0 Å². The Hall–Kier alpha value is -1.87. The van der Waals surface area contributed by atoms with Crippen molar-refractivity contribution in [1.82, 2.24) is 20.1 Å². The van der Waals surface area contributed by atoms with Gasteiger partial charge in [0, 0.05) is 19.5 Å². The van der Waals surface area contributed by atoms with Crippen LogP contribution in [0.5, 0.6) is 0 Å². The van der Waals surface area contributed by atoms with Gasteiger partial charge in [-0.2, -0.15) is 0 Å². The number of sulfone groups is 1. The van der Waals surface area contributed by atoms with Crippen LogP contribution >= 0.6 is 11.8 Å². The van der Waals surface area contributed by atoms with Gasteiger partial charge in [0.2, 0.25) is 5.91 Å². The van der Waals surface area contributed by atoms with E-state index < -0.39 is 9.84 Å². The summed E-state index contributed by atoms with van der Waals surface area (Å²) in [6.07, 6.45) is 0.579. The lowest BCUT2D eigenvalue weighted by Gasteiger charge is -2.09. The number of aromatic nitrogens is 3. The van der Waals surface area contributed by atoms with Crippen LogP contribution in [0.1, 0.15) is 29.3 Å². The highest BCUT2D eigenvalue weighted by atomic mass is 32.2. The van der Waals surface area contributed by atoms with E-state index in [1.165, 1.54) is 11.8 Å². The van der Waals surface area contributed by atoms with E-state index in [2.05, 4.69) is 15.5 Å². The summed E-state index contributed by atoms with van der Waals surface area (Å²) in [7, 11) is -1.15. The van der Waals surface area contributed by atoms with Gasteiger partial charge >= 0.3 is 0 Å². The molecule has 1 amide bonds. The molecule has 7 nitrogen and oxygen atoms in total. The average molecular weight is 395 g/mol. The maximum Gasteiger partial charge on any atom is 0.230 e. The first-order valence-corrected chi connectivity index (χ1v) is 11.2. The van der Waals surface area contributed by atoms with Crippen LogP contribution in [-0.4, -0.2) is 46.3 Å². The third-order valence-electron chi connectivity index (χ3n) is 4.54. The van der Waals surface area contributed by atoms with Gasteiger partial charge in [-0.25, -0.2) is 8.42 Å². The molecular weight excluding hydrogens is 372 g/mol. The number of aryl methyl sites for hydroxylation is 1. The van der Waals surface area contributed by atoms with Crippen molar-refractivity contribution in [3.8, 4) is 0 Å². The summed E-state index contributed by atoms with van der Waals surface area (Å²) >= 11 is 1.30. The minimum Gasteiger partial charge on any atom is -0.351 e. The second-order valence-corrected chi connectivity index (χ2v) is 9.66. The lowest BCUT2D eigenvalue weighted by atomic mass is 10.1. The van der Waals surface area contributed by atoms with Gasteiger partial charge in [-0.15, -0.1) is 10.2 Å². The van der Waals surface area contributed by atoms with Crippen LogP contribution in [0.25, 0.3) is 0 Å². The molecule has 2 aromatic rings. The van der Waals surface area contributed by atoms with Crippen LogP contribution in [0.3, 0.4) is 0 Å². The van der Waals surface area contributed by atoms with Crippen molar-refractivity contribution >= 4 is 27.5 Å². The summed E-state index contributed by atoms with van der Waals surface area (Å²) in [6.45, 7) is 2.51. The fourth-order valence-corrected chi connectivity index (χ4v) is 5.48. The SMILES string of the molecule is Cc1ccccc1CNC(=O)CSc1nnc(C2CCS(=O)(=O)C2)n1C. The average Bonchev–Trinajstić information content (AvgIpc) is 3.14. The zero-order valence-corrected chi connectivity index (χ0v) is 16.4. The first-order valence-electron chi connectivity index (χ1n) is 8.39. The maximum absolute atomic E-state index is 12.1. The van der Waals surface area contributed by atoms with E-state index in [-0.39, 0.29) is 29.1 Å². The number of thioether (sulfide) groups is 1. The first-order chi connectivity index (χ1) is 12.4.